The Morgan fingerprint density at radius 1 is 1.24 bits per heavy atom. The molecule has 0 aliphatic rings. The van der Waals surface area contributed by atoms with Gasteiger partial charge in [0.2, 0.25) is 0 Å². The molecule has 0 saturated carbocycles. The fraction of sp³-hybridized carbons (Fsp3) is 0.167. The molecule has 0 fully saturated rings. The van der Waals surface area contributed by atoms with Crippen LogP contribution in [-0.4, -0.2) is 16.1 Å². The fourth-order valence-corrected chi connectivity index (χ4v) is 1.48. The summed E-state index contributed by atoms with van der Waals surface area (Å²) in [5.41, 5.74) is 1.80. The molecule has 0 atom stereocenters. The van der Waals surface area contributed by atoms with Crippen LogP contribution >= 0.6 is 0 Å². The number of anilines is 1. The van der Waals surface area contributed by atoms with Crippen molar-refractivity contribution in [1.82, 2.24) is 10.2 Å². The molecule has 3 N–H and O–H groups in total. The highest BCUT2D eigenvalue weighted by molar-refractivity contribution is 6.02. The molecular formula is C12H13N3O2. The highest BCUT2D eigenvalue weighted by Gasteiger charge is 2.07. The smallest absolute Gasteiger partial charge is 0.273 e. The van der Waals surface area contributed by atoms with Gasteiger partial charge >= 0.3 is 0 Å². The number of hydrogen-bond donors (Lipinski definition) is 3. The summed E-state index contributed by atoms with van der Waals surface area (Å²) in [5, 5.41) is 7.50. The van der Waals surface area contributed by atoms with E-state index in [4.69, 9.17) is 0 Å². The molecule has 1 amide bonds. The third-order valence-corrected chi connectivity index (χ3v) is 2.46. The van der Waals surface area contributed by atoms with Crippen molar-refractivity contribution in [3.05, 3.63) is 51.9 Å². The number of H-pyrrole nitrogens is 2. The second-order valence-corrected chi connectivity index (χ2v) is 3.68. The Labute approximate surface area is 97.9 Å². The van der Waals surface area contributed by atoms with Gasteiger partial charge in [0.05, 0.1) is 0 Å². The minimum atomic E-state index is -0.340. The van der Waals surface area contributed by atoms with E-state index < -0.39 is 0 Å². The standard InChI is InChI=1S/C12H13N3O2/c1-2-8-3-5-9(6-4-8)13-12(17)10-7-11(16)15-14-10/h3-7H,2H2,1H3,(H,13,17)(H2,14,15,16). The topological polar surface area (TPSA) is 77.8 Å². The number of aryl methyl sites for hydroxylation is 1. The van der Waals surface area contributed by atoms with E-state index in [-0.39, 0.29) is 17.2 Å². The van der Waals surface area contributed by atoms with Crippen LogP contribution in [0.2, 0.25) is 0 Å². The van der Waals surface area contributed by atoms with Crippen molar-refractivity contribution in [3.63, 3.8) is 0 Å². The molecule has 5 nitrogen and oxygen atoms in total. The van der Waals surface area contributed by atoms with Crippen molar-refractivity contribution in [2.45, 2.75) is 13.3 Å². The Bertz CT molecular complexity index is 566. The first kappa shape index (κ1) is 11.2. The number of aromatic nitrogens is 2. The van der Waals surface area contributed by atoms with Gasteiger partial charge in [0.25, 0.3) is 11.5 Å². The van der Waals surface area contributed by atoms with Crippen LogP contribution in [-0.2, 0) is 6.42 Å². The Morgan fingerprint density at radius 3 is 2.47 bits per heavy atom. The lowest BCUT2D eigenvalue weighted by molar-refractivity contribution is 0.102. The predicted molar refractivity (Wildman–Crippen MR) is 65.2 cm³/mol. The summed E-state index contributed by atoms with van der Waals surface area (Å²) in [6.07, 6.45) is 0.958. The number of rotatable bonds is 3. The van der Waals surface area contributed by atoms with Crippen LogP contribution in [0.5, 0.6) is 0 Å². The van der Waals surface area contributed by atoms with E-state index in [0.717, 1.165) is 6.42 Å². The van der Waals surface area contributed by atoms with Crippen LogP contribution in [0.25, 0.3) is 0 Å². The predicted octanol–water partition coefficient (Wildman–Crippen LogP) is 1.52. The van der Waals surface area contributed by atoms with E-state index in [0.29, 0.717) is 5.69 Å². The highest BCUT2D eigenvalue weighted by atomic mass is 16.2. The van der Waals surface area contributed by atoms with E-state index in [1.165, 1.54) is 11.6 Å². The van der Waals surface area contributed by atoms with Crippen LogP contribution in [0.4, 0.5) is 5.69 Å². The molecule has 0 saturated heterocycles. The van der Waals surface area contributed by atoms with Gasteiger partial charge in [-0.3, -0.25) is 19.8 Å². The number of benzene rings is 1. The van der Waals surface area contributed by atoms with Crippen LogP contribution in [0.1, 0.15) is 23.0 Å². The summed E-state index contributed by atoms with van der Waals surface area (Å²) < 4.78 is 0. The van der Waals surface area contributed by atoms with E-state index in [9.17, 15) is 9.59 Å². The van der Waals surface area contributed by atoms with Crippen LogP contribution in [0, 0.1) is 0 Å². The zero-order valence-corrected chi connectivity index (χ0v) is 9.41. The summed E-state index contributed by atoms with van der Waals surface area (Å²) >= 11 is 0. The van der Waals surface area contributed by atoms with E-state index >= 15 is 0 Å². The van der Waals surface area contributed by atoms with Gasteiger partial charge < -0.3 is 5.32 Å². The van der Waals surface area contributed by atoms with Crippen LogP contribution in [0.15, 0.2) is 35.1 Å². The molecule has 88 valence electrons. The van der Waals surface area contributed by atoms with Gasteiger partial charge in [0, 0.05) is 11.8 Å². The fourth-order valence-electron chi connectivity index (χ4n) is 1.48. The maximum absolute atomic E-state index is 11.7. The van der Waals surface area contributed by atoms with Crippen LogP contribution in [0.3, 0.4) is 0 Å². The van der Waals surface area contributed by atoms with Crippen molar-refractivity contribution in [2.24, 2.45) is 0 Å². The number of amides is 1. The van der Waals surface area contributed by atoms with Crippen molar-refractivity contribution >= 4 is 11.6 Å². The maximum atomic E-state index is 11.7. The molecule has 0 aliphatic heterocycles. The Morgan fingerprint density at radius 2 is 1.94 bits per heavy atom. The first-order valence-corrected chi connectivity index (χ1v) is 5.37. The minimum Gasteiger partial charge on any atom is -0.321 e. The van der Waals surface area contributed by atoms with Gasteiger partial charge in [-0.2, -0.15) is 0 Å². The quantitative estimate of drug-likeness (QED) is 0.748. The largest absolute Gasteiger partial charge is 0.321 e. The molecular weight excluding hydrogens is 218 g/mol. The van der Waals surface area contributed by atoms with Gasteiger partial charge in [0.1, 0.15) is 5.69 Å². The van der Waals surface area contributed by atoms with E-state index in [1.807, 2.05) is 24.3 Å². The Kier molecular flexibility index (Phi) is 3.09. The first-order chi connectivity index (χ1) is 8.19. The molecule has 0 bridgehead atoms. The Hall–Kier alpha value is -2.30. The summed E-state index contributed by atoms with van der Waals surface area (Å²) in [6.45, 7) is 2.07. The molecule has 0 unspecified atom stereocenters. The number of aromatic amines is 2. The molecule has 1 aromatic heterocycles. The zero-order valence-electron chi connectivity index (χ0n) is 9.41. The second kappa shape index (κ2) is 4.69. The average molecular weight is 231 g/mol. The van der Waals surface area contributed by atoms with Crippen molar-refractivity contribution < 1.29 is 4.79 Å². The lowest BCUT2D eigenvalue weighted by atomic mass is 10.1. The van der Waals surface area contributed by atoms with E-state index in [2.05, 4.69) is 22.4 Å². The zero-order chi connectivity index (χ0) is 12.3. The molecule has 5 heteroatoms. The molecule has 0 radical (unpaired) electrons. The summed E-state index contributed by atoms with van der Waals surface area (Å²) in [4.78, 5) is 22.5. The number of nitrogens with one attached hydrogen (secondary N) is 3. The molecule has 1 aromatic carbocycles. The summed E-state index contributed by atoms with van der Waals surface area (Å²) in [5.74, 6) is -0.340. The van der Waals surface area contributed by atoms with Crippen molar-refractivity contribution in [1.29, 1.82) is 0 Å². The minimum absolute atomic E-state index is 0.217. The SMILES string of the molecule is CCc1ccc(NC(=O)c2cc(=O)[nH][nH]2)cc1. The number of carbonyl (C=O) groups is 1. The molecule has 0 spiro atoms. The van der Waals surface area contributed by atoms with E-state index in [1.54, 1.807) is 0 Å². The highest BCUT2D eigenvalue weighted by Crippen LogP contribution is 2.10. The molecule has 2 aromatic rings. The third kappa shape index (κ3) is 2.63. The van der Waals surface area contributed by atoms with Gasteiger partial charge in [0.15, 0.2) is 0 Å². The number of carbonyl (C=O) groups excluding carboxylic acids is 1. The summed E-state index contributed by atoms with van der Waals surface area (Å²) in [6, 6.07) is 8.80. The summed E-state index contributed by atoms with van der Waals surface area (Å²) in [7, 11) is 0. The lowest BCUT2D eigenvalue weighted by Gasteiger charge is -2.04. The monoisotopic (exact) mass is 231 g/mol. The maximum Gasteiger partial charge on any atom is 0.273 e. The number of hydrogen-bond acceptors (Lipinski definition) is 2. The second-order valence-electron chi connectivity index (χ2n) is 3.68. The lowest BCUT2D eigenvalue weighted by Crippen LogP contribution is -2.12. The molecule has 17 heavy (non-hydrogen) atoms. The van der Waals surface area contributed by atoms with Crippen molar-refractivity contribution in [2.75, 3.05) is 5.32 Å². The van der Waals surface area contributed by atoms with Crippen molar-refractivity contribution in [3.8, 4) is 0 Å². The molecule has 0 aliphatic carbocycles. The molecule has 2 rings (SSSR count). The van der Waals surface area contributed by atoms with Gasteiger partial charge in [-0.1, -0.05) is 19.1 Å². The van der Waals surface area contributed by atoms with Gasteiger partial charge in [-0.25, -0.2) is 0 Å². The Balaban J connectivity index is 2.10. The molecule has 1 heterocycles. The average Bonchev–Trinajstić information content (AvgIpc) is 2.77. The van der Waals surface area contributed by atoms with Gasteiger partial charge in [-0.15, -0.1) is 0 Å². The van der Waals surface area contributed by atoms with Gasteiger partial charge in [-0.05, 0) is 24.1 Å². The normalized spacial score (nSPS) is 10.2. The first-order valence-electron chi connectivity index (χ1n) is 5.37. The van der Waals surface area contributed by atoms with Crippen LogP contribution < -0.4 is 10.9 Å². The third-order valence-electron chi connectivity index (χ3n) is 2.46.